The molecule has 0 bridgehead atoms. The monoisotopic (exact) mass is 439 g/mol. The molecule has 0 saturated heterocycles. The first kappa shape index (κ1) is 20.7. The lowest BCUT2D eigenvalue weighted by molar-refractivity contribution is 0.0163. The van der Waals surface area contributed by atoms with E-state index in [2.05, 4.69) is 15.9 Å². The molecule has 1 fully saturated rings. The van der Waals surface area contributed by atoms with Crippen molar-refractivity contribution in [2.75, 3.05) is 19.0 Å². The third kappa shape index (κ3) is 5.45. The van der Waals surface area contributed by atoms with Gasteiger partial charge in [-0.15, -0.1) is 0 Å². The molecule has 2 rings (SSSR count). The molecule has 142 valence electrons. The van der Waals surface area contributed by atoms with Crippen molar-refractivity contribution in [3.63, 3.8) is 0 Å². The van der Waals surface area contributed by atoms with E-state index in [1.165, 1.54) is 11.4 Å². The second-order valence-corrected chi connectivity index (χ2v) is 9.05. The van der Waals surface area contributed by atoms with Crippen LogP contribution in [0, 0.1) is 11.6 Å². The maximum atomic E-state index is 13.9. The molecule has 0 aromatic heterocycles. The van der Waals surface area contributed by atoms with E-state index in [9.17, 15) is 17.2 Å². The van der Waals surface area contributed by atoms with Gasteiger partial charge in [0.25, 0.3) is 0 Å². The lowest BCUT2D eigenvalue weighted by Crippen LogP contribution is -2.41. The van der Waals surface area contributed by atoms with Crippen LogP contribution in [-0.2, 0) is 14.8 Å². The Kier molecular flexibility index (Phi) is 7.79. The number of nitrogens with zero attached hydrogens (tertiary/aromatic N) is 1. The molecule has 1 aromatic carbocycles. The molecule has 0 aliphatic heterocycles. The number of halogens is 3. The number of sulfonamides is 1. The van der Waals surface area contributed by atoms with Crippen molar-refractivity contribution >= 4 is 26.0 Å². The van der Waals surface area contributed by atoms with Crippen LogP contribution in [0.25, 0.3) is 0 Å². The van der Waals surface area contributed by atoms with Crippen LogP contribution in [0.15, 0.2) is 23.1 Å². The van der Waals surface area contributed by atoms with E-state index < -0.39 is 26.6 Å². The second kappa shape index (κ2) is 9.39. The van der Waals surface area contributed by atoms with Crippen molar-refractivity contribution < 1.29 is 21.9 Å². The van der Waals surface area contributed by atoms with Crippen molar-refractivity contribution in [1.82, 2.24) is 4.31 Å². The van der Waals surface area contributed by atoms with Gasteiger partial charge in [0.05, 0.1) is 6.10 Å². The number of alkyl halides is 1. The van der Waals surface area contributed by atoms with E-state index in [1.54, 1.807) is 0 Å². The summed E-state index contributed by atoms with van der Waals surface area (Å²) < 4.78 is 59.2. The topological polar surface area (TPSA) is 46.6 Å². The van der Waals surface area contributed by atoms with Gasteiger partial charge in [-0.2, -0.15) is 4.31 Å². The summed E-state index contributed by atoms with van der Waals surface area (Å²) in [6.07, 6.45) is 5.13. The molecule has 0 unspecified atom stereocenters. The summed E-state index contributed by atoms with van der Waals surface area (Å²) >= 11 is 3.38. The lowest BCUT2D eigenvalue weighted by Gasteiger charge is -2.34. The molecule has 0 heterocycles. The third-order valence-electron chi connectivity index (χ3n) is 4.59. The Balaban J connectivity index is 1.94. The minimum Gasteiger partial charge on any atom is -0.378 e. The van der Waals surface area contributed by atoms with E-state index >= 15 is 0 Å². The maximum Gasteiger partial charge on any atom is 0.245 e. The number of hydrogen-bond donors (Lipinski definition) is 0. The number of hydrogen-bond acceptors (Lipinski definition) is 3. The van der Waals surface area contributed by atoms with Gasteiger partial charge in [-0.25, -0.2) is 17.2 Å². The smallest absolute Gasteiger partial charge is 0.245 e. The zero-order valence-electron chi connectivity index (χ0n) is 14.3. The molecule has 4 nitrogen and oxygen atoms in total. The molecule has 0 N–H and O–H groups in total. The van der Waals surface area contributed by atoms with Crippen LogP contribution in [0.1, 0.15) is 38.5 Å². The molecule has 0 atom stereocenters. The van der Waals surface area contributed by atoms with Crippen LogP contribution >= 0.6 is 15.9 Å². The summed E-state index contributed by atoms with van der Waals surface area (Å²) in [5, 5.41) is 0.964. The molecular formula is C17H24BrF2NO3S. The van der Waals surface area contributed by atoms with Crippen molar-refractivity contribution in [3.05, 3.63) is 29.8 Å². The van der Waals surface area contributed by atoms with Crippen LogP contribution in [0.3, 0.4) is 0 Å². The van der Waals surface area contributed by atoms with Crippen molar-refractivity contribution in [1.29, 1.82) is 0 Å². The van der Waals surface area contributed by atoms with Crippen LogP contribution in [0.2, 0.25) is 0 Å². The Labute approximate surface area is 156 Å². The van der Waals surface area contributed by atoms with Gasteiger partial charge in [0.2, 0.25) is 10.0 Å². The number of ether oxygens (including phenoxy) is 1. The summed E-state index contributed by atoms with van der Waals surface area (Å²) in [4.78, 5) is -0.482. The van der Waals surface area contributed by atoms with E-state index in [4.69, 9.17) is 4.74 Å². The first-order chi connectivity index (χ1) is 11.9. The zero-order chi connectivity index (χ0) is 18.4. The number of benzene rings is 1. The summed E-state index contributed by atoms with van der Waals surface area (Å²) in [6.45, 7) is 0.718. The minimum atomic E-state index is -3.98. The molecule has 1 saturated carbocycles. The van der Waals surface area contributed by atoms with E-state index in [-0.39, 0.29) is 12.1 Å². The Morgan fingerprint density at radius 1 is 1.20 bits per heavy atom. The van der Waals surface area contributed by atoms with Gasteiger partial charge < -0.3 is 4.74 Å². The molecule has 1 aliphatic carbocycles. The van der Waals surface area contributed by atoms with Gasteiger partial charge in [-0.05, 0) is 50.7 Å². The third-order valence-corrected chi connectivity index (χ3v) is 7.09. The summed E-state index contributed by atoms with van der Waals surface area (Å²) in [5.41, 5.74) is 0. The number of rotatable bonds is 8. The van der Waals surface area contributed by atoms with Gasteiger partial charge in [0.15, 0.2) is 0 Å². The molecule has 0 spiro atoms. The highest BCUT2D eigenvalue weighted by atomic mass is 79.9. The average Bonchev–Trinajstić information content (AvgIpc) is 2.58. The van der Waals surface area contributed by atoms with Crippen LogP contribution in [0.5, 0.6) is 0 Å². The maximum absolute atomic E-state index is 13.9. The zero-order valence-corrected chi connectivity index (χ0v) is 16.7. The fraction of sp³-hybridized carbons (Fsp3) is 0.647. The molecular weight excluding hydrogens is 416 g/mol. The van der Waals surface area contributed by atoms with E-state index in [1.807, 2.05) is 0 Å². The SMILES string of the molecule is CN([C@H]1CC[C@H](OCCCCBr)CC1)S(=O)(=O)c1ccc(F)cc1F. The van der Waals surface area contributed by atoms with E-state index in [0.717, 1.165) is 49.8 Å². The minimum absolute atomic E-state index is 0.158. The Hall–Kier alpha value is -0.570. The summed E-state index contributed by atoms with van der Waals surface area (Å²) in [6, 6.07) is 2.34. The molecule has 0 radical (unpaired) electrons. The van der Waals surface area contributed by atoms with Gasteiger partial charge >= 0.3 is 0 Å². The van der Waals surface area contributed by atoms with Gasteiger partial charge in [0, 0.05) is 31.1 Å². The highest BCUT2D eigenvalue weighted by molar-refractivity contribution is 9.09. The Morgan fingerprint density at radius 2 is 1.88 bits per heavy atom. The van der Waals surface area contributed by atoms with Crippen molar-refractivity contribution in [2.24, 2.45) is 0 Å². The quantitative estimate of drug-likeness (QED) is 0.452. The predicted molar refractivity (Wildman–Crippen MR) is 96.3 cm³/mol. The highest BCUT2D eigenvalue weighted by Gasteiger charge is 2.33. The normalized spacial score (nSPS) is 21.6. The first-order valence-electron chi connectivity index (χ1n) is 8.47. The Bertz CT molecular complexity index is 664. The fourth-order valence-corrected chi connectivity index (χ4v) is 4.91. The average molecular weight is 440 g/mol. The fourth-order valence-electron chi connectivity index (χ4n) is 3.06. The first-order valence-corrected chi connectivity index (χ1v) is 11.0. The predicted octanol–water partition coefficient (Wildman–Crippen LogP) is 4.09. The molecule has 0 amide bonds. The Morgan fingerprint density at radius 3 is 2.48 bits per heavy atom. The van der Waals surface area contributed by atoms with Crippen LogP contribution < -0.4 is 0 Å². The highest BCUT2D eigenvalue weighted by Crippen LogP contribution is 2.29. The largest absolute Gasteiger partial charge is 0.378 e. The summed E-state index contributed by atoms with van der Waals surface area (Å²) in [5.74, 6) is -1.85. The second-order valence-electron chi connectivity index (χ2n) is 6.29. The van der Waals surface area contributed by atoms with Crippen molar-refractivity contribution in [2.45, 2.75) is 55.6 Å². The van der Waals surface area contributed by atoms with Gasteiger partial charge in [-0.3, -0.25) is 0 Å². The number of unbranched alkanes of at least 4 members (excludes halogenated alkanes) is 1. The standard InChI is InChI=1S/C17H24BrF2NO3S/c1-21(25(22,23)17-9-4-13(19)12-16(17)20)14-5-7-15(8-6-14)24-11-3-2-10-18/h4,9,12,14-15H,2-3,5-8,10-11H2,1H3/t14-,15-. The molecule has 1 aromatic rings. The van der Waals surface area contributed by atoms with Crippen LogP contribution in [-0.4, -0.2) is 43.9 Å². The van der Waals surface area contributed by atoms with E-state index in [0.29, 0.717) is 18.9 Å². The molecule has 1 aliphatic rings. The molecule has 25 heavy (non-hydrogen) atoms. The molecule has 8 heteroatoms. The van der Waals surface area contributed by atoms with Crippen molar-refractivity contribution in [3.8, 4) is 0 Å². The van der Waals surface area contributed by atoms with Crippen LogP contribution in [0.4, 0.5) is 8.78 Å². The summed E-state index contributed by atoms with van der Waals surface area (Å²) in [7, 11) is -2.52. The lowest BCUT2D eigenvalue weighted by atomic mass is 9.93. The van der Waals surface area contributed by atoms with Gasteiger partial charge in [-0.1, -0.05) is 15.9 Å². The van der Waals surface area contributed by atoms with Gasteiger partial charge in [0.1, 0.15) is 16.5 Å².